The van der Waals surface area contributed by atoms with Gasteiger partial charge in [-0.25, -0.2) is 4.79 Å². The lowest BCUT2D eigenvalue weighted by atomic mass is 10.00. The Morgan fingerprint density at radius 2 is 2.00 bits per heavy atom. The van der Waals surface area contributed by atoms with Crippen molar-refractivity contribution in [1.82, 2.24) is 9.80 Å². The summed E-state index contributed by atoms with van der Waals surface area (Å²) in [5.74, 6) is -0.705. The van der Waals surface area contributed by atoms with Gasteiger partial charge in [0.1, 0.15) is 0 Å². The van der Waals surface area contributed by atoms with Crippen LogP contribution in [0.2, 0.25) is 0 Å². The molecule has 2 aliphatic heterocycles. The Kier molecular flexibility index (Phi) is 4.63. The van der Waals surface area contributed by atoms with Crippen LogP contribution in [0.15, 0.2) is 0 Å². The Morgan fingerprint density at radius 1 is 1.32 bits per heavy atom. The van der Waals surface area contributed by atoms with Gasteiger partial charge in [-0.15, -0.1) is 0 Å². The average molecular weight is 270 g/mol. The molecule has 0 aromatic heterocycles. The van der Waals surface area contributed by atoms with Gasteiger partial charge < -0.3 is 19.6 Å². The predicted molar refractivity (Wildman–Crippen MR) is 68.9 cm³/mol. The number of hydrogen-bond donors (Lipinski definition) is 1. The van der Waals surface area contributed by atoms with Crippen LogP contribution in [0.4, 0.5) is 4.79 Å². The molecule has 1 atom stereocenters. The van der Waals surface area contributed by atoms with Gasteiger partial charge in [-0.2, -0.15) is 0 Å². The number of hydrogen-bond acceptors (Lipinski definition) is 3. The number of likely N-dealkylation sites (tertiary alicyclic amines) is 1. The highest BCUT2D eigenvalue weighted by Gasteiger charge is 2.32. The Labute approximate surface area is 113 Å². The summed E-state index contributed by atoms with van der Waals surface area (Å²) in [5, 5.41) is 8.95. The van der Waals surface area contributed by atoms with Crippen molar-refractivity contribution in [2.45, 2.75) is 19.3 Å². The van der Waals surface area contributed by atoms with Crippen LogP contribution in [-0.4, -0.2) is 66.8 Å². The molecule has 2 heterocycles. The zero-order valence-corrected chi connectivity index (χ0v) is 11.4. The van der Waals surface area contributed by atoms with Gasteiger partial charge in [-0.1, -0.05) is 0 Å². The van der Waals surface area contributed by atoms with E-state index >= 15 is 0 Å². The molecule has 0 aromatic rings. The van der Waals surface area contributed by atoms with E-state index < -0.39 is 11.9 Å². The number of carboxylic acid groups (broad SMARTS) is 1. The molecule has 0 aliphatic carbocycles. The molecule has 0 spiro atoms. The molecule has 2 saturated heterocycles. The molecule has 1 unspecified atom stereocenters. The highest BCUT2D eigenvalue weighted by atomic mass is 16.5. The topological polar surface area (TPSA) is 70.1 Å². The fraction of sp³-hybridized carbons (Fsp3) is 0.846. The van der Waals surface area contributed by atoms with Crippen molar-refractivity contribution in [3.63, 3.8) is 0 Å². The summed E-state index contributed by atoms with van der Waals surface area (Å²) in [6, 6.07) is -0.0461. The minimum absolute atomic E-state index is 0.0461. The third-order valence-corrected chi connectivity index (χ3v) is 4.01. The summed E-state index contributed by atoms with van der Waals surface area (Å²) in [5.41, 5.74) is 0. The zero-order valence-electron chi connectivity index (χ0n) is 11.4. The molecule has 19 heavy (non-hydrogen) atoms. The van der Waals surface area contributed by atoms with Crippen molar-refractivity contribution in [2.24, 2.45) is 11.8 Å². The summed E-state index contributed by atoms with van der Waals surface area (Å²) in [6.45, 7) is 3.17. The molecular formula is C13H22N2O4. The number of carbonyl (C=O) groups is 2. The molecule has 6 heteroatoms. The molecule has 0 bridgehead atoms. The van der Waals surface area contributed by atoms with Crippen LogP contribution in [0.5, 0.6) is 0 Å². The van der Waals surface area contributed by atoms with Gasteiger partial charge in [0.25, 0.3) is 0 Å². The number of rotatable bonds is 3. The van der Waals surface area contributed by atoms with E-state index in [0.717, 1.165) is 32.6 Å². The lowest BCUT2D eigenvalue weighted by Crippen LogP contribution is -2.43. The van der Waals surface area contributed by atoms with Crippen LogP contribution in [0, 0.1) is 11.8 Å². The first-order valence-corrected chi connectivity index (χ1v) is 6.88. The van der Waals surface area contributed by atoms with Gasteiger partial charge in [-0.3, -0.25) is 4.79 Å². The summed E-state index contributed by atoms with van der Waals surface area (Å²) in [7, 11) is 1.80. The molecule has 2 aliphatic rings. The lowest BCUT2D eigenvalue weighted by molar-refractivity contribution is -0.141. The summed E-state index contributed by atoms with van der Waals surface area (Å²) in [6.07, 6.45) is 2.55. The Hall–Kier alpha value is -1.30. The maximum atomic E-state index is 12.2. The maximum Gasteiger partial charge on any atom is 0.319 e. The van der Waals surface area contributed by atoms with Crippen LogP contribution < -0.4 is 0 Å². The van der Waals surface area contributed by atoms with Crippen LogP contribution in [0.1, 0.15) is 19.3 Å². The second-order valence-corrected chi connectivity index (χ2v) is 5.49. The van der Waals surface area contributed by atoms with E-state index in [4.69, 9.17) is 9.84 Å². The maximum absolute atomic E-state index is 12.2. The number of aliphatic carboxylic acids is 1. The summed E-state index contributed by atoms with van der Waals surface area (Å²) < 4.78 is 5.30. The number of urea groups is 1. The molecule has 2 fully saturated rings. The van der Waals surface area contributed by atoms with Gasteiger partial charge in [0, 0.05) is 39.9 Å². The molecule has 0 saturated carbocycles. The Bertz CT molecular complexity index is 342. The van der Waals surface area contributed by atoms with Gasteiger partial charge in [0.05, 0.1) is 5.92 Å². The van der Waals surface area contributed by atoms with Crippen molar-refractivity contribution in [3.05, 3.63) is 0 Å². The fourth-order valence-electron chi connectivity index (χ4n) is 2.77. The average Bonchev–Trinajstić information content (AvgIpc) is 2.88. The summed E-state index contributed by atoms with van der Waals surface area (Å²) in [4.78, 5) is 26.5. The molecule has 1 N–H and O–H groups in total. The first-order valence-electron chi connectivity index (χ1n) is 6.88. The van der Waals surface area contributed by atoms with E-state index in [-0.39, 0.29) is 6.03 Å². The third-order valence-electron chi connectivity index (χ3n) is 4.01. The first kappa shape index (κ1) is 14.1. The van der Waals surface area contributed by atoms with E-state index in [2.05, 4.69) is 0 Å². The van der Waals surface area contributed by atoms with Gasteiger partial charge >= 0.3 is 12.0 Å². The largest absolute Gasteiger partial charge is 0.481 e. The number of carbonyl (C=O) groups excluding carboxylic acids is 1. The molecule has 0 aromatic carbocycles. The van der Waals surface area contributed by atoms with Crippen molar-refractivity contribution >= 4 is 12.0 Å². The van der Waals surface area contributed by atoms with E-state index in [0.29, 0.717) is 25.4 Å². The number of ether oxygens (including phenoxy) is 1. The minimum atomic E-state index is -0.803. The Balaban J connectivity index is 1.80. The monoisotopic (exact) mass is 270 g/mol. The predicted octanol–water partition coefficient (Wildman–Crippen LogP) is 0.871. The SMILES string of the molecule is CN(CC1CCOCC1)C(=O)N1CCC(C(=O)O)C1. The quantitative estimate of drug-likeness (QED) is 0.826. The molecule has 0 radical (unpaired) electrons. The highest BCUT2D eigenvalue weighted by molar-refractivity contribution is 5.77. The minimum Gasteiger partial charge on any atom is -0.481 e. The second-order valence-electron chi connectivity index (χ2n) is 5.49. The van der Waals surface area contributed by atoms with Gasteiger partial charge in [-0.05, 0) is 25.2 Å². The zero-order chi connectivity index (χ0) is 13.8. The van der Waals surface area contributed by atoms with Crippen LogP contribution in [-0.2, 0) is 9.53 Å². The van der Waals surface area contributed by atoms with Crippen molar-refractivity contribution < 1.29 is 19.4 Å². The number of amides is 2. The molecule has 2 rings (SSSR count). The molecule has 108 valence electrons. The summed E-state index contributed by atoms with van der Waals surface area (Å²) >= 11 is 0. The van der Waals surface area contributed by atoms with E-state index in [1.165, 1.54) is 0 Å². The van der Waals surface area contributed by atoms with Crippen molar-refractivity contribution in [3.8, 4) is 0 Å². The normalized spacial score (nSPS) is 24.5. The van der Waals surface area contributed by atoms with Crippen molar-refractivity contribution in [2.75, 3.05) is 39.9 Å². The van der Waals surface area contributed by atoms with Crippen LogP contribution in [0.3, 0.4) is 0 Å². The third kappa shape index (κ3) is 3.59. The van der Waals surface area contributed by atoms with Crippen molar-refractivity contribution in [1.29, 1.82) is 0 Å². The lowest BCUT2D eigenvalue weighted by Gasteiger charge is -2.30. The fourth-order valence-corrected chi connectivity index (χ4v) is 2.77. The molecule has 2 amide bonds. The number of nitrogens with zero attached hydrogens (tertiary/aromatic N) is 2. The van der Waals surface area contributed by atoms with Crippen LogP contribution >= 0.6 is 0 Å². The van der Waals surface area contributed by atoms with E-state index in [1.807, 2.05) is 0 Å². The molecule has 6 nitrogen and oxygen atoms in total. The van der Waals surface area contributed by atoms with E-state index in [1.54, 1.807) is 16.8 Å². The standard InChI is InChI=1S/C13H22N2O4/c1-14(8-10-3-6-19-7-4-10)13(18)15-5-2-11(9-15)12(16)17/h10-11H,2-9H2,1H3,(H,16,17). The van der Waals surface area contributed by atoms with E-state index in [9.17, 15) is 9.59 Å². The first-order chi connectivity index (χ1) is 9.08. The number of carboxylic acids is 1. The van der Waals surface area contributed by atoms with Gasteiger partial charge in [0.15, 0.2) is 0 Å². The Morgan fingerprint density at radius 3 is 2.58 bits per heavy atom. The van der Waals surface area contributed by atoms with Gasteiger partial charge in [0.2, 0.25) is 0 Å². The highest BCUT2D eigenvalue weighted by Crippen LogP contribution is 2.20. The van der Waals surface area contributed by atoms with Crippen LogP contribution in [0.25, 0.3) is 0 Å². The second kappa shape index (κ2) is 6.23. The molecular weight excluding hydrogens is 248 g/mol. The smallest absolute Gasteiger partial charge is 0.319 e.